The summed E-state index contributed by atoms with van der Waals surface area (Å²) >= 11 is 0. The first-order valence-electron chi connectivity index (χ1n) is 14.9. The van der Waals surface area contributed by atoms with Crippen molar-refractivity contribution in [3.63, 3.8) is 0 Å². The fourth-order valence-corrected chi connectivity index (χ4v) is 7.69. The van der Waals surface area contributed by atoms with Gasteiger partial charge in [0.1, 0.15) is 24.2 Å². The van der Waals surface area contributed by atoms with Crippen molar-refractivity contribution in [1.29, 1.82) is 0 Å². The van der Waals surface area contributed by atoms with Gasteiger partial charge in [0.2, 0.25) is 10.0 Å². The van der Waals surface area contributed by atoms with Crippen LogP contribution in [0.15, 0.2) is 42.5 Å². The maximum absolute atomic E-state index is 13.5. The molecule has 11 nitrogen and oxygen atoms in total. The molecule has 0 aliphatic carbocycles. The molecule has 2 aromatic rings. The zero-order valence-electron chi connectivity index (χ0n) is 25.2. The third-order valence-corrected chi connectivity index (χ3v) is 10.3. The smallest absolute Gasteiger partial charge is 0.414 e. The first-order valence-corrected chi connectivity index (χ1v) is 16.5. The lowest BCUT2D eigenvalue weighted by atomic mass is 10.00. The molecule has 3 aliphatic rings. The third-order valence-electron chi connectivity index (χ3n) is 8.42. The summed E-state index contributed by atoms with van der Waals surface area (Å²) in [6.07, 6.45) is 2.32. The molecule has 0 aromatic heterocycles. The average Bonchev–Trinajstić information content (AvgIpc) is 3.00. The minimum Gasteiger partial charge on any atom is -0.496 e. The van der Waals surface area contributed by atoms with Gasteiger partial charge in [-0.15, -0.1) is 0 Å². The van der Waals surface area contributed by atoms with Crippen LogP contribution in [0.4, 0.5) is 10.5 Å². The standard InChI is InChI=1S/C31H42N4O7S/c1-31(2,32)14-19-43(38,39)34-17-12-24(13-18-34)42-25-8-9-26(28(20-25)40-3)29(36)33-15-10-23(11-16-33)35-27-7-5-4-6-22(27)21-41-30(35)37/h4-9,20,23-24H,10-19,21,32H2,1-3H3. The number of rotatable bonds is 9. The van der Waals surface area contributed by atoms with Crippen LogP contribution in [-0.4, -0.2) is 86.3 Å². The van der Waals surface area contributed by atoms with E-state index in [1.54, 1.807) is 28.0 Å². The molecule has 234 valence electrons. The van der Waals surface area contributed by atoms with E-state index in [4.69, 9.17) is 19.9 Å². The Kier molecular flexibility index (Phi) is 9.19. The summed E-state index contributed by atoms with van der Waals surface area (Å²) < 4.78 is 44.1. The molecule has 0 radical (unpaired) electrons. The van der Waals surface area contributed by atoms with Crippen molar-refractivity contribution in [1.82, 2.24) is 9.21 Å². The molecular weight excluding hydrogens is 572 g/mol. The van der Waals surface area contributed by atoms with Crippen LogP contribution in [0.1, 0.15) is 61.9 Å². The zero-order valence-corrected chi connectivity index (χ0v) is 26.0. The number of nitrogens with two attached hydrogens (primary N) is 1. The van der Waals surface area contributed by atoms with Gasteiger partial charge in [-0.3, -0.25) is 9.69 Å². The van der Waals surface area contributed by atoms with Gasteiger partial charge in [0.05, 0.1) is 24.1 Å². The number of benzene rings is 2. The molecule has 12 heteroatoms. The van der Waals surface area contributed by atoms with Crippen molar-refractivity contribution in [3.05, 3.63) is 53.6 Å². The number of hydrogen-bond donors (Lipinski definition) is 1. The second-order valence-corrected chi connectivity index (χ2v) is 14.3. The van der Waals surface area contributed by atoms with Crippen molar-refractivity contribution in [3.8, 4) is 11.5 Å². The van der Waals surface area contributed by atoms with Gasteiger partial charge in [-0.05, 0) is 64.2 Å². The maximum atomic E-state index is 13.5. The maximum Gasteiger partial charge on any atom is 0.414 e. The molecule has 2 amide bonds. The van der Waals surface area contributed by atoms with E-state index in [9.17, 15) is 18.0 Å². The van der Waals surface area contributed by atoms with E-state index in [0.29, 0.717) is 75.3 Å². The fraction of sp³-hybridized carbons (Fsp3) is 0.548. The zero-order chi connectivity index (χ0) is 30.8. The molecule has 0 unspecified atom stereocenters. The number of amides is 2. The van der Waals surface area contributed by atoms with Gasteiger partial charge in [0.25, 0.3) is 5.91 Å². The fourth-order valence-electron chi connectivity index (χ4n) is 5.88. The van der Waals surface area contributed by atoms with E-state index in [-0.39, 0.29) is 36.5 Å². The molecule has 3 aliphatic heterocycles. The number of sulfonamides is 1. The number of fused-ring (bicyclic) bond motifs is 1. The molecule has 0 saturated carbocycles. The molecule has 0 atom stereocenters. The molecule has 2 fully saturated rings. The van der Waals surface area contributed by atoms with Gasteiger partial charge in [-0.1, -0.05) is 18.2 Å². The van der Waals surface area contributed by atoms with E-state index in [2.05, 4.69) is 0 Å². The summed E-state index contributed by atoms with van der Waals surface area (Å²) in [6, 6.07) is 12.9. The lowest BCUT2D eigenvalue weighted by Crippen LogP contribution is -2.50. The first kappa shape index (κ1) is 31.1. The van der Waals surface area contributed by atoms with Crippen LogP contribution in [0.3, 0.4) is 0 Å². The van der Waals surface area contributed by atoms with Crippen molar-refractivity contribution in [2.45, 2.75) is 70.2 Å². The molecule has 43 heavy (non-hydrogen) atoms. The highest BCUT2D eigenvalue weighted by atomic mass is 32.2. The average molecular weight is 615 g/mol. The lowest BCUT2D eigenvalue weighted by Gasteiger charge is -2.40. The number of methoxy groups -OCH3 is 1. The highest BCUT2D eigenvalue weighted by Gasteiger charge is 2.36. The minimum atomic E-state index is -3.37. The summed E-state index contributed by atoms with van der Waals surface area (Å²) in [6.45, 7) is 5.71. The van der Waals surface area contributed by atoms with Crippen LogP contribution in [-0.2, 0) is 21.4 Å². The quantitative estimate of drug-likeness (QED) is 0.452. The Morgan fingerprint density at radius 2 is 1.74 bits per heavy atom. The summed E-state index contributed by atoms with van der Waals surface area (Å²) in [5.74, 6) is 0.885. The Bertz CT molecular complexity index is 1430. The molecule has 5 rings (SSSR count). The number of para-hydroxylation sites is 1. The van der Waals surface area contributed by atoms with E-state index in [1.165, 1.54) is 11.4 Å². The van der Waals surface area contributed by atoms with Crippen molar-refractivity contribution >= 4 is 27.7 Å². The Morgan fingerprint density at radius 3 is 2.42 bits per heavy atom. The van der Waals surface area contributed by atoms with Crippen LogP contribution in [0.25, 0.3) is 0 Å². The molecule has 0 spiro atoms. The van der Waals surface area contributed by atoms with Gasteiger partial charge in [0, 0.05) is 49.4 Å². The van der Waals surface area contributed by atoms with Crippen LogP contribution in [0.5, 0.6) is 11.5 Å². The number of likely N-dealkylation sites (tertiary alicyclic amines) is 1. The van der Waals surface area contributed by atoms with Crippen LogP contribution in [0, 0.1) is 0 Å². The van der Waals surface area contributed by atoms with Crippen molar-refractivity contribution in [2.24, 2.45) is 5.73 Å². The van der Waals surface area contributed by atoms with E-state index < -0.39 is 15.6 Å². The minimum absolute atomic E-state index is 0.0329. The van der Waals surface area contributed by atoms with Crippen molar-refractivity contribution in [2.75, 3.05) is 43.9 Å². The molecule has 3 heterocycles. The summed E-state index contributed by atoms with van der Waals surface area (Å²) in [5, 5.41) is 0. The first-order chi connectivity index (χ1) is 20.4. The van der Waals surface area contributed by atoms with Gasteiger partial charge < -0.3 is 24.8 Å². The lowest BCUT2D eigenvalue weighted by molar-refractivity contribution is 0.0705. The number of carbonyl (C=O) groups is 2. The molecule has 2 saturated heterocycles. The normalized spacial score (nSPS) is 19.1. The Hall–Kier alpha value is -3.35. The number of hydrogen-bond acceptors (Lipinski definition) is 8. The Balaban J connectivity index is 1.16. The molecule has 2 aromatic carbocycles. The summed E-state index contributed by atoms with van der Waals surface area (Å²) in [4.78, 5) is 29.7. The predicted molar refractivity (Wildman–Crippen MR) is 163 cm³/mol. The van der Waals surface area contributed by atoms with E-state index in [0.717, 1.165) is 11.3 Å². The van der Waals surface area contributed by atoms with Crippen LogP contribution < -0.4 is 20.1 Å². The Morgan fingerprint density at radius 1 is 1.05 bits per heavy atom. The second kappa shape index (κ2) is 12.7. The van der Waals surface area contributed by atoms with Gasteiger partial charge >= 0.3 is 6.09 Å². The largest absolute Gasteiger partial charge is 0.496 e. The van der Waals surface area contributed by atoms with Crippen molar-refractivity contribution < 1.29 is 32.2 Å². The summed E-state index contributed by atoms with van der Waals surface area (Å²) in [5.41, 5.74) is 7.74. The molecule has 0 bridgehead atoms. The topological polar surface area (TPSA) is 132 Å². The number of ether oxygens (including phenoxy) is 3. The summed E-state index contributed by atoms with van der Waals surface area (Å²) in [7, 11) is -1.84. The van der Waals surface area contributed by atoms with E-state index >= 15 is 0 Å². The highest BCUT2D eigenvalue weighted by Crippen LogP contribution is 2.33. The number of nitrogens with zero attached hydrogens (tertiary/aromatic N) is 3. The van der Waals surface area contributed by atoms with Gasteiger partial charge in [-0.2, -0.15) is 0 Å². The van der Waals surface area contributed by atoms with Crippen LogP contribution in [0.2, 0.25) is 0 Å². The third kappa shape index (κ3) is 7.25. The SMILES string of the molecule is COc1cc(OC2CCN(S(=O)(=O)CCC(C)(C)N)CC2)ccc1C(=O)N1CCC(N2C(=O)OCc3ccccc32)CC1. The number of cyclic esters (lactones) is 1. The van der Waals surface area contributed by atoms with Gasteiger partial charge in [-0.25, -0.2) is 17.5 Å². The van der Waals surface area contributed by atoms with Gasteiger partial charge in [0.15, 0.2) is 0 Å². The van der Waals surface area contributed by atoms with E-state index in [1.807, 2.05) is 38.1 Å². The second-order valence-electron chi connectivity index (χ2n) is 12.2. The number of anilines is 1. The predicted octanol–water partition coefficient (Wildman–Crippen LogP) is 3.76. The van der Waals surface area contributed by atoms with Crippen LogP contribution >= 0.6 is 0 Å². The molecule has 2 N–H and O–H groups in total. The molecular formula is C31H42N4O7S. The number of carbonyl (C=O) groups excluding carboxylic acids is 2. The number of piperidine rings is 2. The highest BCUT2D eigenvalue weighted by molar-refractivity contribution is 7.89. The monoisotopic (exact) mass is 614 g/mol. The Labute approximate surface area is 253 Å².